The van der Waals surface area contributed by atoms with E-state index in [1.807, 2.05) is 0 Å². The first-order valence-electron chi connectivity index (χ1n) is 5.65. The Morgan fingerprint density at radius 1 is 1.35 bits per heavy atom. The van der Waals surface area contributed by atoms with Gasteiger partial charge in [-0.1, -0.05) is 5.21 Å². The van der Waals surface area contributed by atoms with Gasteiger partial charge in [-0.05, 0) is 0 Å². The number of carbonyl (C=O) groups excluding carboxylic acids is 2. The van der Waals surface area contributed by atoms with Gasteiger partial charge in [-0.15, -0.1) is 5.10 Å². The largest absolute Gasteiger partial charge is 0.476 e. The molecule has 1 aromatic heterocycles. The quantitative estimate of drug-likeness (QED) is 0.532. The predicted molar refractivity (Wildman–Crippen MR) is 64.5 cm³/mol. The van der Waals surface area contributed by atoms with E-state index in [4.69, 9.17) is 9.84 Å². The second-order valence-corrected chi connectivity index (χ2v) is 3.82. The molecule has 10 nitrogen and oxygen atoms in total. The van der Waals surface area contributed by atoms with Gasteiger partial charge in [-0.25, -0.2) is 9.48 Å². The Morgan fingerprint density at radius 3 is 2.60 bits per heavy atom. The van der Waals surface area contributed by atoms with Crippen LogP contribution in [0.3, 0.4) is 0 Å². The Labute approximate surface area is 114 Å². The number of carboxylic acids is 1. The molecule has 0 spiro atoms. The van der Waals surface area contributed by atoms with Crippen molar-refractivity contribution in [3.05, 3.63) is 11.4 Å². The summed E-state index contributed by atoms with van der Waals surface area (Å²) in [5.41, 5.74) is 4.31. The van der Waals surface area contributed by atoms with Crippen LogP contribution in [-0.2, 0) is 27.3 Å². The van der Waals surface area contributed by atoms with E-state index in [9.17, 15) is 14.4 Å². The van der Waals surface area contributed by atoms with Gasteiger partial charge in [-0.3, -0.25) is 20.4 Å². The Balaban J connectivity index is 2.80. The fourth-order valence-electron chi connectivity index (χ4n) is 1.41. The highest BCUT2D eigenvalue weighted by Gasteiger charge is 2.20. The smallest absolute Gasteiger partial charge is 0.358 e. The van der Waals surface area contributed by atoms with Crippen LogP contribution in [0.2, 0.25) is 0 Å². The van der Waals surface area contributed by atoms with Crippen molar-refractivity contribution >= 4 is 17.8 Å². The summed E-state index contributed by atoms with van der Waals surface area (Å²) in [6, 6.07) is 0. The first-order valence-corrected chi connectivity index (χ1v) is 5.65. The minimum atomic E-state index is -1.23. The van der Waals surface area contributed by atoms with Crippen LogP contribution >= 0.6 is 0 Å². The third kappa shape index (κ3) is 4.31. The number of ether oxygens (including phenoxy) is 1. The molecule has 0 radical (unpaired) electrons. The minimum Gasteiger partial charge on any atom is -0.476 e. The normalized spacial score (nSPS) is 10.1. The summed E-state index contributed by atoms with van der Waals surface area (Å²) in [5.74, 6) is -2.21. The molecule has 0 aromatic carbocycles. The van der Waals surface area contributed by atoms with E-state index < -0.39 is 17.8 Å². The number of aromatic nitrogens is 3. The van der Waals surface area contributed by atoms with Crippen LogP contribution in [0.15, 0.2) is 0 Å². The highest BCUT2D eigenvalue weighted by atomic mass is 16.5. The standard InChI is InChI=1S/C10H15N5O5/c1-6(16)11-12-8(17)5-15-7(3-4-20-2)9(10(18)19)13-14-15/h3-5H2,1-2H3,(H,11,16)(H,12,17)(H,18,19). The highest BCUT2D eigenvalue weighted by molar-refractivity contribution is 5.86. The number of carbonyl (C=O) groups is 3. The number of nitrogens with one attached hydrogen (secondary N) is 2. The van der Waals surface area contributed by atoms with E-state index in [0.29, 0.717) is 0 Å². The maximum atomic E-state index is 11.5. The molecule has 1 heterocycles. The Bertz CT molecular complexity index is 512. The lowest BCUT2D eigenvalue weighted by Crippen LogP contribution is -2.42. The van der Waals surface area contributed by atoms with Gasteiger partial charge < -0.3 is 9.84 Å². The fraction of sp³-hybridized carbons (Fsp3) is 0.500. The van der Waals surface area contributed by atoms with Crippen LogP contribution in [0.5, 0.6) is 0 Å². The molecular weight excluding hydrogens is 270 g/mol. The van der Waals surface area contributed by atoms with E-state index in [2.05, 4.69) is 21.2 Å². The van der Waals surface area contributed by atoms with Crippen molar-refractivity contribution in [1.82, 2.24) is 25.8 Å². The Kier molecular flexibility index (Phi) is 5.59. The summed E-state index contributed by atoms with van der Waals surface area (Å²) in [5, 5.41) is 16.1. The molecule has 0 aliphatic heterocycles. The monoisotopic (exact) mass is 285 g/mol. The molecule has 0 saturated carbocycles. The van der Waals surface area contributed by atoms with Gasteiger partial charge in [-0.2, -0.15) is 0 Å². The second-order valence-electron chi connectivity index (χ2n) is 3.82. The molecule has 110 valence electrons. The molecular formula is C10H15N5O5. The summed E-state index contributed by atoms with van der Waals surface area (Å²) >= 11 is 0. The molecule has 0 saturated heterocycles. The number of hydrogen-bond acceptors (Lipinski definition) is 6. The first-order chi connectivity index (χ1) is 9.45. The fourth-order valence-corrected chi connectivity index (χ4v) is 1.41. The van der Waals surface area contributed by atoms with Crippen LogP contribution < -0.4 is 10.9 Å². The number of hydrogen-bond donors (Lipinski definition) is 3. The van der Waals surface area contributed by atoms with E-state index in [-0.39, 0.29) is 31.0 Å². The lowest BCUT2D eigenvalue weighted by atomic mass is 10.2. The second kappa shape index (κ2) is 7.19. The van der Waals surface area contributed by atoms with Crippen LogP contribution in [0.25, 0.3) is 0 Å². The minimum absolute atomic E-state index is 0.227. The number of hydrazine groups is 1. The van der Waals surface area contributed by atoms with Crippen molar-refractivity contribution in [2.24, 2.45) is 0 Å². The number of methoxy groups -OCH3 is 1. The van der Waals surface area contributed by atoms with Gasteiger partial charge >= 0.3 is 5.97 Å². The van der Waals surface area contributed by atoms with Crippen molar-refractivity contribution in [3.63, 3.8) is 0 Å². The SMILES string of the molecule is COCCc1c(C(=O)O)nnn1CC(=O)NNC(C)=O. The molecule has 10 heteroatoms. The number of rotatable bonds is 6. The zero-order chi connectivity index (χ0) is 15.1. The van der Waals surface area contributed by atoms with Crippen molar-refractivity contribution in [2.45, 2.75) is 19.9 Å². The summed E-state index contributed by atoms with van der Waals surface area (Å²) in [6.45, 7) is 1.24. The number of nitrogens with zero attached hydrogens (tertiary/aromatic N) is 3. The van der Waals surface area contributed by atoms with Crippen molar-refractivity contribution in [1.29, 1.82) is 0 Å². The number of aromatic carboxylic acids is 1. The van der Waals surface area contributed by atoms with Crippen LogP contribution in [0.1, 0.15) is 23.1 Å². The predicted octanol–water partition coefficient (Wildman–Crippen LogP) is -1.67. The van der Waals surface area contributed by atoms with Gasteiger partial charge in [0.2, 0.25) is 5.91 Å². The highest BCUT2D eigenvalue weighted by Crippen LogP contribution is 2.07. The molecule has 1 rings (SSSR count). The molecule has 0 aliphatic rings. The maximum absolute atomic E-state index is 11.5. The number of amides is 2. The number of carboxylic acid groups (broad SMARTS) is 1. The molecule has 1 aromatic rings. The Hall–Kier alpha value is -2.49. The molecule has 0 aliphatic carbocycles. The van der Waals surface area contributed by atoms with E-state index >= 15 is 0 Å². The molecule has 0 unspecified atom stereocenters. The zero-order valence-corrected chi connectivity index (χ0v) is 11.0. The average molecular weight is 285 g/mol. The first kappa shape index (κ1) is 15.6. The molecule has 2 amide bonds. The van der Waals surface area contributed by atoms with E-state index in [1.54, 1.807) is 0 Å². The van der Waals surface area contributed by atoms with Crippen molar-refractivity contribution < 1.29 is 24.2 Å². The van der Waals surface area contributed by atoms with Crippen LogP contribution in [0, 0.1) is 0 Å². The molecule has 3 N–H and O–H groups in total. The summed E-state index contributed by atoms with van der Waals surface area (Å²) in [6.07, 6.45) is 0.249. The zero-order valence-electron chi connectivity index (χ0n) is 11.0. The summed E-state index contributed by atoms with van der Waals surface area (Å²) < 4.78 is 6.02. The van der Waals surface area contributed by atoms with E-state index in [1.165, 1.54) is 14.0 Å². The van der Waals surface area contributed by atoms with Gasteiger partial charge in [0.05, 0.1) is 12.3 Å². The van der Waals surface area contributed by atoms with Gasteiger partial charge in [0, 0.05) is 20.5 Å². The van der Waals surface area contributed by atoms with Gasteiger partial charge in [0.1, 0.15) is 6.54 Å². The van der Waals surface area contributed by atoms with Gasteiger partial charge in [0.25, 0.3) is 5.91 Å². The van der Waals surface area contributed by atoms with Crippen LogP contribution in [0.4, 0.5) is 0 Å². The van der Waals surface area contributed by atoms with Crippen molar-refractivity contribution in [2.75, 3.05) is 13.7 Å². The molecule has 0 atom stereocenters. The van der Waals surface area contributed by atoms with Crippen molar-refractivity contribution in [3.8, 4) is 0 Å². The topological polar surface area (TPSA) is 135 Å². The lowest BCUT2D eigenvalue weighted by Gasteiger charge is -2.07. The van der Waals surface area contributed by atoms with Gasteiger partial charge in [0.15, 0.2) is 5.69 Å². The maximum Gasteiger partial charge on any atom is 0.358 e. The molecule has 20 heavy (non-hydrogen) atoms. The third-order valence-corrected chi connectivity index (χ3v) is 2.25. The third-order valence-electron chi connectivity index (χ3n) is 2.25. The Morgan fingerprint density at radius 2 is 2.05 bits per heavy atom. The summed E-state index contributed by atoms with van der Waals surface area (Å²) in [4.78, 5) is 33.2. The van der Waals surface area contributed by atoms with Crippen LogP contribution in [-0.4, -0.2) is 51.6 Å². The molecule has 0 bridgehead atoms. The average Bonchev–Trinajstić information content (AvgIpc) is 2.77. The molecule has 0 fully saturated rings. The lowest BCUT2D eigenvalue weighted by molar-refractivity contribution is -0.128. The summed E-state index contributed by atoms with van der Waals surface area (Å²) in [7, 11) is 1.47. The van der Waals surface area contributed by atoms with E-state index in [0.717, 1.165) is 4.68 Å².